The van der Waals surface area contributed by atoms with Gasteiger partial charge in [0.25, 0.3) is 0 Å². The average Bonchev–Trinajstić information content (AvgIpc) is 3.81. The number of ether oxygens (including phenoxy) is 1. The Labute approximate surface area is 252 Å². The average molecular weight is 575 g/mol. The maximum atomic E-state index is 11.6. The van der Waals surface area contributed by atoms with Crippen molar-refractivity contribution in [2.45, 2.75) is 58.0 Å². The Bertz CT molecular complexity index is 1190. The van der Waals surface area contributed by atoms with E-state index in [1.54, 1.807) is 6.07 Å². The highest BCUT2D eigenvalue weighted by atomic mass is 16.5. The van der Waals surface area contributed by atoms with Crippen molar-refractivity contribution in [3.63, 3.8) is 0 Å². The summed E-state index contributed by atoms with van der Waals surface area (Å²) < 4.78 is 5.04. The normalized spacial score (nSPS) is 21.3. The van der Waals surface area contributed by atoms with Gasteiger partial charge in [-0.15, -0.1) is 0 Å². The molecule has 2 heterocycles. The van der Waals surface area contributed by atoms with E-state index in [4.69, 9.17) is 4.74 Å². The summed E-state index contributed by atoms with van der Waals surface area (Å²) in [7, 11) is 0. The highest BCUT2D eigenvalue weighted by molar-refractivity contribution is 5.69. The summed E-state index contributed by atoms with van der Waals surface area (Å²) in [4.78, 5) is 21.8. The summed E-state index contributed by atoms with van der Waals surface area (Å²) >= 11 is 0. The van der Waals surface area contributed by atoms with Crippen LogP contribution in [-0.2, 0) is 9.53 Å². The number of esters is 1. The number of carbonyl (C=O) groups excluding carboxylic acids is 1. The van der Waals surface area contributed by atoms with Gasteiger partial charge >= 0.3 is 5.97 Å². The number of phenols is 1. The fourth-order valence-electron chi connectivity index (χ4n) is 6.68. The van der Waals surface area contributed by atoms with E-state index in [1.807, 2.05) is 19.1 Å². The van der Waals surface area contributed by atoms with Crippen LogP contribution in [0.5, 0.6) is 5.75 Å². The Hall–Kier alpha value is -2.87. The van der Waals surface area contributed by atoms with Crippen LogP contribution in [0.4, 0.5) is 0 Å². The molecule has 5 rings (SSSR count). The van der Waals surface area contributed by atoms with Crippen molar-refractivity contribution in [2.75, 3.05) is 65.5 Å². The number of piperazine rings is 2. The lowest BCUT2D eigenvalue weighted by atomic mass is 9.92. The van der Waals surface area contributed by atoms with Crippen molar-refractivity contribution in [2.24, 2.45) is 5.92 Å². The first-order valence-corrected chi connectivity index (χ1v) is 16.1. The molecule has 1 aliphatic carbocycles. The van der Waals surface area contributed by atoms with Crippen LogP contribution in [0, 0.1) is 5.92 Å². The summed E-state index contributed by atoms with van der Waals surface area (Å²) in [6, 6.07) is 17.2. The number of phenolic OH excluding ortho intramolecular Hbond substituents is 1. The minimum Gasteiger partial charge on any atom is -0.508 e. The maximum Gasteiger partial charge on any atom is 0.305 e. The molecule has 0 amide bonds. The van der Waals surface area contributed by atoms with E-state index in [2.05, 4.69) is 63.4 Å². The fraction of sp³-hybridized carbons (Fsp3) is 0.571. The Morgan fingerprint density at radius 1 is 0.976 bits per heavy atom. The topological polar surface area (TPSA) is 59.5 Å². The van der Waals surface area contributed by atoms with Gasteiger partial charge in [0.2, 0.25) is 0 Å². The van der Waals surface area contributed by atoms with E-state index in [9.17, 15) is 9.90 Å². The van der Waals surface area contributed by atoms with Crippen LogP contribution in [0.2, 0.25) is 0 Å². The van der Waals surface area contributed by atoms with Gasteiger partial charge in [-0.3, -0.25) is 14.6 Å². The van der Waals surface area contributed by atoms with Crippen molar-refractivity contribution in [1.29, 1.82) is 0 Å². The van der Waals surface area contributed by atoms with E-state index in [0.717, 1.165) is 82.4 Å². The molecule has 3 aliphatic rings. The number of rotatable bonds is 13. The number of nitrogens with zero attached hydrogens (tertiary/aromatic N) is 4. The number of carbonyl (C=O) groups is 1. The molecule has 2 aromatic rings. The monoisotopic (exact) mass is 574 g/mol. The molecular weight excluding hydrogens is 524 g/mol. The smallest absolute Gasteiger partial charge is 0.305 e. The van der Waals surface area contributed by atoms with Crippen molar-refractivity contribution < 1.29 is 14.6 Å². The summed E-state index contributed by atoms with van der Waals surface area (Å²) in [5.74, 6) is 1.14. The van der Waals surface area contributed by atoms with Gasteiger partial charge < -0.3 is 19.6 Å². The molecule has 7 nitrogen and oxygen atoms in total. The summed E-state index contributed by atoms with van der Waals surface area (Å²) in [6.45, 7) is 18.6. The molecule has 7 heteroatoms. The molecular formula is C35H50N4O3. The lowest BCUT2D eigenvalue weighted by molar-refractivity contribution is -0.143. The number of hydrogen-bond donors (Lipinski definition) is 1. The van der Waals surface area contributed by atoms with Crippen LogP contribution in [0.25, 0.3) is 5.70 Å². The molecule has 1 saturated carbocycles. The Morgan fingerprint density at radius 2 is 1.69 bits per heavy atom. The van der Waals surface area contributed by atoms with Crippen molar-refractivity contribution >= 4 is 11.7 Å². The molecule has 2 saturated heterocycles. The van der Waals surface area contributed by atoms with Crippen LogP contribution >= 0.6 is 0 Å². The van der Waals surface area contributed by atoms with Gasteiger partial charge in [0, 0.05) is 70.5 Å². The van der Waals surface area contributed by atoms with E-state index in [-0.39, 0.29) is 12.0 Å². The second-order valence-corrected chi connectivity index (χ2v) is 12.5. The summed E-state index contributed by atoms with van der Waals surface area (Å²) in [5.41, 5.74) is 4.63. The maximum absolute atomic E-state index is 11.6. The lowest BCUT2D eigenvalue weighted by Gasteiger charge is -2.44. The third-order valence-electron chi connectivity index (χ3n) is 9.19. The molecule has 0 aromatic heterocycles. The molecule has 2 aromatic carbocycles. The highest BCUT2D eigenvalue weighted by Gasteiger charge is 2.34. The molecule has 2 atom stereocenters. The van der Waals surface area contributed by atoms with Crippen molar-refractivity contribution in [1.82, 2.24) is 19.6 Å². The molecule has 0 radical (unpaired) electrons. The van der Waals surface area contributed by atoms with Gasteiger partial charge in [0.15, 0.2) is 0 Å². The summed E-state index contributed by atoms with van der Waals surface area (Å²) in [6.07, 6.45) is 5.20. The number of aromatic hydroxyl groups is 1. The molecule has 2 unspecified atom stereocenters. The van der Waals surface area contributed by atoms with Crippen molar-refractivity contribution in [3.05, 3.63) is 71.8 Å². The van der Waals surface area contributed by atoms with Crippen LogP contribution in [0.3, 0.4) is 0 Å². The van der Waals surface area contributed by atoms with E-state index in [1.165, 1.54) is 30.5 Å². The van der Waals surface area contributed by atoms with Gasteiger partial charge in [-0.05, 0) is 86.9 Å². The Kier molecular flexibility index (Phi) is 10.6. The summed E-state index contributed by atoms with van der Waals surface area (Å²) in [5, 5.41) is 10.4. The number of hydrogen-bond acceptors (Lipinski definition) is 7. The van der Waals surface area contributed by atoms with Gasteiger partial charge in [-0.1, -0.05) is 36.9 Å². The quantitative estimate of drug-likeness (QED) is 0.260. The van der Waals surface area contributed by atoms with E-state index < -0.39 is 0 Å². The van der Waals surface area contributed by atoms with E-state index >= 15 is 0 Å². The largest absolute Gasteiger partial charge is 0.508 e. The predicted octanol–water partition coefficient (Wildman–Crippen LogP) is 5.22. The van der Waals surface area contributed by atoms with Crippen LogP contribution < -0.4 is 0 Å². The zero-order valence-corrected chi connectivity index (χ0v) is 25.7. The molecule has 1 N–H and O–H groups in total. The number of unbranched alkanes of at least 4 members (excludes halogenated alkanes) is 1. The van der Waals surface area contributed by atoms with Gasteiger partial charge in [-0.2, -0.15) is 0 Å². The first-order valence-electron chi connectivity index (χ1n) is 16.1. The standard InChI is InChI=1S/C35H50N4O3/c1-4-42-34(41)13-5-6-16-36-17-20-38(21-18-36)28(3)30-9-7-10-31(23-30)35(32-11-8-12-33(40)24-32)39-22-19-37(25-27(39)2)26-29-14-15-29/h7-12,23-24,27,29,35,40H,3-6,13-22,25-26H2,1-2H3. The zero-order chi connectivity index (χ0) is 29.5. The first kappa shape index (κ1) is 30.6. The first-order chi connectivity index (χ1) is 20.4. The fourth-order valence-corrected chi connectivity index (χ4v) is 6.68. The van der Waals surface area contributed by atoms with Gasteiger partial charge in [-0.25, -0.2) is 0 Å². The minimum atomic E-state index is -0.0857. The minimum absolute atomic E-state index is 0.0781. The lowest BCUT2D eigenvalue weighted by Crippen LogP contribution is -2.53. The molecule has 2 aliphatic heterocycles. The molecule has 0 bridgehead atoms. The Balaban J connectivity index is 1.23. The van der Waals surface area contributed by atoms with Crippen LogP contribution in [-0.4, -0.2) is 102 Å². The second-order valence-electron chi connectivity index (χ2n) is 12.5. The predicted molar refractivity (Wildman–Crippen MR) is 169 cm³/mol. The SMILES string of the molecule is C=C(c1cccc(C(c2cccc(O)c2)N2CCN(CC3CC3)CC2C)c1)N1CCN(CCCCC(=O)OCC)CC1. The van der Waals surface area contributed by atoms with Crippen LogP contribution in [0.15, 0.2) is 55.1 Å². The zero-order valence-electron chi connectivity index (χ0n) is 25.7. The molecule has 3 fully saturated rings. The third-order valence-corrected chi connectivity index (χ3v) is 9.19. The van der Waals surface area contributed by atoms with Crippen LogP contribution in [0.1, 0.15) is 68.7 Å². The second kappa shape index (κ2) is 14.5. The van der Waals surface area contributed by atoms with Gasteiger partial charge in [0.05, 0.1) is 12.6 Å². The van der Waals surface area contributed by atoms with E-state index in [0.29, 0.717) is 24.8 Å². The van der Waals surface area contributed by atoms with Gasteiger partial charge in [0.1, 0.15) is 5.75 Å². The number of benzene rings is 2. The highest BCUT2D eigenvalue weighted by Crippen LogP contribution is 2.36. The third kappa shape index (κ3) is 8.15. The molecule has 0 spiro atoms. The molecule has 228 valence electrons. The van der Waals surface area contributed by atoms with Crippen molar-refractivity contribution in [3.8, 4) is 5.75 Å². The molecule has 42 heavy (non-hydrogen) atoms. The Morgan fingerprint density at radius 3 is 2.38 bits per heavy atom.